The van der Waals surface area contributed by atoms with E-state index in [0.29, 0.717) is 50.2 Å². The van der Waals surface area contributed by atoms with Crippen LogP contribution >= 0.6 is 0 Å². The molecule has 1 saturated heterocycles. The van der Waals surface area contributed by atoms with Crippen molar-refractivity contribution < 1.29 is 9.59 Å². The Hall–Kier alpha value is -4.08. The Labute approximate surface area is 222 Å². The zero-order valence-electron chi connectivity index (χ0n) is 22.0. The lowest BCUT2D eigenvalue weighted by molar-refractivity contribution is -0.127. The molecule has 10 heteroatoms. The first-order chi connectivity index (χ1) is 18.5. The molecule has 2 aliphatic heterocycles. The molecule has 3 N–H and O–H groups in total. The monoisotopic (exact) mass is 517 g/mol. The van der Waals surface area contributed by atoms with E-state index >= 15 is 0 Å². The van der Waals surface area contributed by atoms with Gasteiger partial charge in [-0.05, 0) is 60.2 Å². The molecule has 200 valence electrons. The highest BCUT2D eigenvalue weighted by molar-refractivity contribution is 5.99. The molecule has 2 amide bonds. The van der Waals surface area contributed by atoms with Crippen molar-refractivity contribution in [2.24, 2.45) is 21.4 Å². The summed E-state index contributed by atoms with van der Waals surface area (Å²) in [5.74, 6) is 5.30. The van der Waals surface area contributed by atoms with Gasteiger partial charge in [0.25, 0.3) is 5.91 Å². The summed E-state index contributed by atoms with van der Waals surface area (Å²) in [6, 6.07) is 13.1. The highest BCUT2D eigenvalue weighted by Gasteiger charge is 2.28. The van der Waals surface area contributed by atoms with Crippen LogP contribution in [0, 0.1) is 4.91 Å². The van der Waals surface area contributed by atoms with Crippen LogP contribution in [0.15, 0.2) is 63.6 Å². The predicted octanol–water partition coefficient (Wildman–Crippen LogP) is 4.83. The number of nitrogens with zero attached hydrogens (tertiary/aromatic N) is 5. The smallest absolute Gasteiger partial charge is 0.253 e. The molecule has 38 heavy (non-hydrogen) atoms. The minimum atomic E-state index is -0.470. The molecule has 0 aromatic heterocycles. The SMILES string of the molecule is CCCN(CCC)C(=O)C1=Cc2ccc(-c3ccc(C(=O)N4CC[C@@H](N=O)C4)cc3)cc2NC(N=NN)C1. The van der Waals surface area contributed by atoms with Crippen LogP contribution in [0.25, 0.3) is 17.2 Å². The van der Waals surface area contributed by atoms with E-state index in [2.05, 4.69) is 34.7 Å². The van der Waals surface area contributed by atoms with Crippen molar-refractivity contribution in [2.75, 3.05) is 31.5 Å². The van der Waals surface area contributed by atoms with E-state index in [9.17, 15) is 14.5 Å². The average Bonchev–Trinajstić information content (AvgIpc) is 3.34. The number of nitroso groups, excluding NO2 is 1. The summed E-state index contributed by atoms with van der Waals surface area (Å²) in [6.07, 6.45) is 4.22. The second-order valence-electron chi connectivity index (χ2n) is 9.74. The first-order valence-corrected chi connectivity index (χ1v) is 13.2. The van der Waals surface area contributed by atoms with E-state index in [0.717, 1.165) is 35.2 Å². The molecule has 4 rings (SSSR count). The van der Waals surface area contributed by atoms with Crippen LogP contribution in [-0.4, -0.2) is 60.0 Å². The van der Waals surface area contributed by atoms with Gasteiger partial charge in [-0.1, -0.05) is 48.5 Å². The maximum Gasteiger partial charge on any atom is 0.253 e. The van der Waals surface area contributed by atoms with Gasteiger partial charge in [-0.25, -0.2) is 0 Å². The quantitative estimate of drug-likeness (QED) is 0.213. The summed E-state index contributed by atoms with van der Waals surface area (Å²) < 4.78 is 0. The number of hydrogen-bond donors (Lipinski definition) is 2. The van der Waals surface area contributed by atoms with Gasteiger partial charge in [-0.2, -0.15) is 4.91 Å². The Balaban J connectivity index is 1.59. The first-order valence-electron chi connectivity index (χ1n) is 13.2. The molecule has 2 atom stereocenters. The molecule has 0 saturated carbocycles. The molecule has 10 nitrogen and oxygen atoms in total. The third-order valence-corrected chi connectivity index (χ3v) is 6.94. The number of nitrogens with one attached hydrogen (secondary N) is 1. The summed E-state index contributed by atoms with van der Waals surface area (Å²) in [6.45, 7) is 6.46. The predicted molar refractivity (Wildman–Crippen MR) is 148 cm³/mol. The van der Waals surface area contributed by atoms with Crippen LogP contribution in [0.1, 0.15) is 55.5 Å². The van der Waals surface area contributed by atoms with E-state index in [1.165, 1.54) is 0 Å². The van der Waals surface area contributed by atoms with Crippen molar-refractivity contribution in [3.8, 4) is 11.1 Å². The first kappa shape index (κ1) is 27.0. The van der Waals surface area contributed by atoms with Crippen LogP contribution in [0.5, 0.6) is 0 Å². The van der Waals surface area contributed by atoms with Crippen LogP contribution in [0.2, 0.25) is 0 Å². The number of amides is 2. The third kappa shape index (κ3) is 6.07. The van der Waals surface area contributed by atoms with Gasteiger partial charge in [0.05, 0.1) is 0 Å². The standard InChI is InChI=1S/C28H35N7O3/c1-3-12-34(13-4-2)28(37)23-15-22-10-9-21(16-25(22)30-26(17-23)31-33-29)19-5-7-20(8-6-19)27(36)35-14-11-24(18-35)32-38/h5-10,15-16,24,26,30H,3-4,11-14,17-18H2,1-2H3,(H2,29,31)/t24-,26?/m1/s1. The molecule has 0 aliphatic carbocycles. The van der Waals surface area contributed by atoms with Crippen molar-refractivity contribution in [3.63, 3.8) is 0 Å². The lowest BCUT2D eigenvalue weighted by atomic mass is 10.00. The molecular formula is C28H35N7O3. The summed E-state index contributed by atoms with van der Waals surface area (Å²) in [4.78, 5) is 40.5. The van der Waals surface area contributed by atoms with Crippen LogP contribution in [-0.2, 0) is 4.79 Å². The Bertz CT molecular complexity index is 1220. The summed E-state index contributed by atoms with van der Waals surface area (Å²) in [5.41, 5.74) is 4.85. The number of carbonyl (C=O) groups excluding carboxylic acids is 2. The lowest BCUT2D eigenvalue weighted by Crippen LogP contribution is -2.34. The van der Waals surface area contributed by atoms with Crippen LogP contribution < -0.4 is 11.2 Å². The largest absolute Gasteiger partial charge is 0.361 e. The zero-order chi connectivity index (χ0) is 27.1. The van der Waals surface area contributed by atoms with E-state index in [1.807, 2.05) is 41.3 Å². The normalized spacial score (nSPS) is 18.9. The molecule has 2 aliphatic rings. The van der Waals surface area contributed by atoms with Crippen LogP contribution in [0.3, 0.4) is 0 Å². The molecule has 1 fully saturated rings. The number of nitrogens with two attached hydrogens (primary N) is 1. The topological polar surface area (TPSA) is 133 Å². The molecule has 2 aromatic carbocycles. The summed E-state index contributed by atoms with van der Waals surface area (Å²) >= 11 is 0. The van der Waals surface area contributed by atoms with Crippen molar-refractivity contribution >= 4 is 23.6 Å². The van der Waals surface area contributed by atoms with Crippen molar-refractivity contribution in [1.82, 2.24) is 9.80 Å². The summed E-state index contributed by atoms with van der Waals surface area (Å²) in [5, 5.41) is 14.1. The lowest BCUT2D eigenvalue weighted by Gasteiger charge is -2.23. The molecule has 1 unspecified atom stereocenters. The van der Waals surface area contributed by atoms with Crippen molar-refractivity contribution in [1.29, 1.82) is 0 Å². The number of anilines is 1. The van der Waals surface area contributed by atoms with E-state index < -0.39 is 6.17 Å². The Morgan fingerprint density at radius 1 is 1.08 bits per heavy atom. The minimum Gasteiger partial charge on any atom is -0.361 e. The van der Waals surface area contributed by atoms with Crippen molar-refractivity contribution in [3.05, 3.63) is 64.1 Å². The van der Waals surface area contributed by atoms with Crippen molar-refractivity contribution in [2.45, 2.75) is 51.7 Å². The number of fused-ring (bicyclic) bond motifs is 1. The van der Waals surface area contributed by atoms with E-state index in [4.69, 9.17) is 5.84 Å². The van der Waals surface area contributed by atoms with Crippen LogP contribution in [0.4, 0.5) is 5.69 Å². The zero-order valence-corrected chi connectivity index (χ0v) is 22.0. The van der Waals surface area contributed by atoms with Gasteiger partial charge < -0.3 is 21.0 Å². The summed E-state index contributed by atoms with van der Waals surface area (Å²) in [7, 11) is 0. The fourth-order valence-electron chi connectivity index (χ4n) is 5.03. The minimum absolute atomic E-state index is 0.0122. The number of likely N-dealkylation sites (tertiary alicyclic amines) is 1. The van der Waals surface area contributed by atoms with Gasteiger partial charge >= 0.3 is 0 Å². The van der Waals surface area contributed by atoms with Gasteiger partial charge in [0.1, 0.15) is 12.2 Å². The van der Waals surface area contributed by atoms with E-state index in [1.54, 1.807) is 17.0 Å². The molecule has 2 aromatic rings. The van der Waals surface area contributed by atoms with Gasteiger partial charge in [0.2, 0.25) is 5.91 Å². The van der Waals surface area contributed by atoms with Gasteiger partial charge in [-0.15, -0.1) is 5.11 Å². The van der Waals surface area contributed by atoms with Gasteiger partial charge in [0, 0.05) is 49.4 Å². The Morgan fingerprint density at radius 2 is 1.79 bits per heavy atom. The van der Waals surface area contributed by atoms with Gasteiger partial charge in [-0.3, -0.25) is 9.59 Å². The Kier molecular flexibility index (Phi) is 8.83. The number of benzene rings is 2. The maximum absolute atomic E-state index is 13.4. The molecule has 0 radical (unpaired) electrons. The number of rotatable bonds is 9. The van der Waals surface area contributed by atoms with E-state index in [-0.39, 0.29) is 17.9 Å². The molecular weight excluding hydrogens is 482 g/mol. The molecule has 0 bridgehead atoms. The highest BCUT2D eigenvalue weighted by Crippen LogP contribution is 2.32. The number of hydrogen-bond acceptors (Lipinski definition) is 7. The fraction of sp³-hybridized carbons (Fsp3) is 0.429. The second kappa shape index (κ2) is 12.4. The Morgan fingerprint density at radius 3 is 2.42 bits per heavy atom. The average molecular weight is 518 g/mol. The van der Waals surface area contributed by atoms with Gasteiger partial charge in [0.15, 0.2) is 0 Å². The molecule has 2 heterocycles. The fourth-order valence-corrected chi connectivity index (χ4v) is 5.03. The molecule has 0 spiro atoms. The highest BCUT2D eigenvalue weighted by atomic mass is 16.3. The number of carbonyl (C=O) groups is 2. The third-order valence-electron chi connectivity index (χ3n) is 6.94. The maximum atomic E-state index is 13.4. The second-order valence-corrected chi connectivity index (χ2v) is 9.74.